The maximum absolute atomic E-state index is 12.1. The predicted molar refractivity (Wildman–Crippen MR) is 93.2 cm³/mol. The average molecular weight is 338 g/mol. The van der Waals surface area contributed by atoms with Gasteiger partial charge in [-0.15, -0.1) is 11.8 Å². The topological polar surface area (TPSA) is 50.8 Å². The SMILES string of the molecule is COc1cc(CN(C)C(=O)NCCC2CCCO2)ccc1SC. The van der Waals surface area contributed by atoms with E-state index in [9.17, 15) is 4.79 Å². The Morgan fingerprint density at radius 3 is 3.00 bits per heavy atom. The first-order valence-electron chi connectivity index (χ1n) is 7.95. The highest BCUT2D eigenvalue weighted by Gasteiger charge is 2.16. The second-order valence-corrected chi connectivity index (χ2v) is 6.55. The fourth-order valence-corrected chi connectivity index (χ4v) is 3.22. The number of nitrogens with one attached hydrogen (secondary N) is 1. The van der Waals surface area contributed by atoms with Gasteiger partial charge < -0.3 is 19.7 Å². The fraction of sp³-hybridized carbons (Fsp3) is 0.588. The highest BCUT2D eigenvalue weighted by atomic mass is 32.2. The highest BCUT2D eigenvalue weighted by molar-refractivity contribution is 7.98. The van der Waals surface area contributed by atoms with Gasteiger partial charge in [0, 0.05) is 31.6 Å². The van der Waals surface area contributed by atoms with Crippen LogP contribution in [-0.4, -0.2) is 50.6 Å². The molecule has 23 heavy (non-hydrogen) atoms. The molecule has 6 heteroatoms. The van der Waals surface area contributed by atoms with Crippen molar-refractivity contribution in [2.45, 2.75) is 36.8 Å². The zero-order chi connectivity index (χ0) is 16.7. The van der Waals surface area contributed by atoms with E-state index in [4.69, 9.17) is 9.47 Å². The lowest BCUT2D eigenvalue weighted by Crippen LogP contribution is -2.38. The smallest absolute Gasteiger partial charge is 0.317 e. The quantitative estimate of drug-likeness (QED) is 0.776. The number of ether oxygens (including phenoxy) is 2. The summed E-state index contributed by atoms with van der Waals surface area (Å²) in [5.41, 5.74) is 1.05. The first-order chi connectivity index (χ1) is 11.1. The Hall–Kier alpha value is -1.40. The summed E-state index contributed by atoms with van der Waals surface area (Å²) in [6.07, 6.45) is 5.45. The van der Waals surface area contributed by atoms with Crippen molar-refractivity contribution in [1.29, 1.82) is 0 Å². The monoisotopic (exact) mass is 338 g/mol. The molecule has 0 saturated carbocycles. The van der Waals surface area contributed by atoms with Crippen LogP contribution in [-0.2, 0) is 11.3 Å². The zero-order valence-electron chi connectivity index (χ0n) is 14.1. The zero-order valence-corrected chi connectivity index (χ0v) is 14.9. The molecule has 0 bridgehead atoms. The Kier molecular flexibility index (Phi) is 7.05. The van der Waals surface area contributed by atoms with Crippen molar-refractivity contribution in [3.63, 3.8) is 0 Å². The number of amides is 2. The van der Waals surface area contributed by atoms with E-state index in [1.807, 2.05) is 24.5 Å². The number of hydrogen-bond donors (Lipinski definition) is 1. The summed E-state index contributed by atoms with van der Waals surface area (Å²) in [5.74, 6) is 0.849. The van der Waals surface area contributed by atoms with Crippen molar-refractivity contribution in [3.8, 4) is 5.75 Å². The Bertz CT molecular complexity index is 519. The molecule has 1 fully saturated rings. The Balaban J connectivity index is 1.80. The lowest BCUT2D eigenvalue weighted by Gasteiger charge is -2.19. The van der Waals surface area contributed by atoms with E-state index < -0.39 is 0 Å². The van der Waals surface area contributed by atoms with E-state index >= 15 is 0 Å². The summed E-state index contributed by atoms with van der Waals surface area (Å²) in [5, 5.41) is 2.95. The van der Waals surface area contributed by atoms with Crippen molar-refractivity contribution in [2.75, 3.05) is 33.6 Å². The van der Waals surface area contributed by atoms with Crippen LogP contribution in [0.25, 0.3) is 0 Å². The summed E-state index contributed by atoms with van der Waals surface area (Å²) in [7, 11) is 3.47. The highest BCUT2D eigenvalue weighted by Crippen LogP contribution is 2.28. The molecule has 0 spiro atoms. The molecular weight excluding hydrogens is 312 g/mol. The second-order valence-electron chi connectivity index (χ2n) is 5.70. The minimum absolute atomic E-state index is 0.0593. The van der Waals surface area contributed by atoms with Crippen LogP contribution in [0.5, 0.6) is 5.75 Å². The summed E-state index contributed by atoms with van der Waals surface area (Å²) < 4.78 is 10.9. The lowest BCUT2D eigenvalue weighted by molar-refractivity contribution is 0.104. The normalized spacial score (nSPS) is 17.1. The molecular formula is C17H26N2O3S. The maximum atomic E-state index is 12.1. The number of carbonyl (C=O) groups excluding carboxylic acids is 1. The van der Waals surface area contributed by atoms with Gasteiger partial charge >= 0.3 is 6.03 Å². The van der Waals surface area contributed by atoms with Crippen LogP contribution in [0.2, 0.25) is 0 Å². The van der Waals surface area contributed by atoms with Gasteiger partial charge in [0.1, 0.15) is 5.75 Å². The molecule has 1 heterocycles. The molecule has 1 aliphatic heterocycles. The van der Waals surface area contributed by atoms with E-state index in [0.29, 0.717) is 19.2 Å². The van der Waals surface area contributed by atoms with Gasteiger partial charge in [-0.2, -0.15) is 0 Å². The molecule has 5 nitrogen and oxygen atoms in total. The number of benzene rings is 1. The van der Waals surface area contributed by atoms with Gasteiger partial charge in [-0.3, -0.25) is 0 Å². The maximum Gasteiger partial charge on any atom is 0.317 e. The Labute approximate surface area is 142 Å². The van der Waals surface area contributed by atoms with Crippen LogP contribution in [0, 0.1) is 0 Å². The van der Waals surface area contributed by atoms with Crippen molar-refractivity contribution >= 4 is 17.8 Å². The summed E-state index contributed by atoms with van der Waals surface area (Å²) in [4.78, 5) is 14.9. The van der Waals surface area contributed by atoms with Crippen molar-refractivity contribution < 1.29 is 14.3 Å². The molecule has 0 radical (unpaired) electrons. The lowest BCUT2D eigenvalue weighted by atomic mass is 10.2. The first-order valence-corrected chi connectivity index (χ1v) is 9.18. The molecule has 0 aromatic heterocycles. The van der Waals surface area contributed by atoms with Crippen LogP contribution in [0.15, 0.2) is 23.1 Å². The van der Waals surface area contributed by atoms with Crippen LogP contribution < -0.4 is 10.1 Å². The number of methoxy groups -OCH3 is 1. The second kappa shape index (κ2) is 9.03. The molecule has 0 aliphatic carbocycles. The molecule has 1 N–H and O–H groups in total. The standard InChI is InChI=1S/C17H26N2O3S/c1-19(17(20)18-9-8-14-5-4-10-22-14)12-13-6-7-16(23-3)15(11-13)21-2/h6-7,11,14H,4-5,8-10,12H2,1-3H3,(H,18,20). The van der Waals surface area contributed by atoms with Crippen molar-refractivity contribution in [2.24, 2.45) is 0 Å². The van der Waals surface area contributed by atoms with Gasteiger partial charge in [-0.25, -0.2) is 4.79 Å². The minimum Gasteiger partial charge on any atom is -0.496 e. The summed E-state index contributed by atoms with van der Waals surface area (Å²) in [6.45, 7) is 2.06. The van der Waals surface area contributed by atoms with E-state index in [0.717, 1.165) is 42.1 Å². The van der Waals surface area contributed by atoms with Crippen molar-refractivity contribution in [1.82, 2.24) is 10.2 Å². The first kappa shape index (κ1) is 17.9. The van der Waals surface area contributed by atoms with E-state index in [1.165, 1.54) is 0 Å². The fourth-order valence-electron chi connectivity index (χ4n) is 2.67. The molecule has 1 atom stereocenters. The number of carbonyl (C=O) groups is 1. The van der Waals surface area contributed by atoms with Crippen LogP contribution in [0.3, 0.4) is 0 Å². The van der Waals surface area contributed by atoms with Crippen LogP contribution in [0.1, 0.15) is 24.8 Å². The van der Waals surface area contributed by atoms with Gasteiger partial charge in [0.05, 0.1) is 13.2 Å². The van der Waals surface area contributed by atoms with E-state index in [-0.39, 0.29) is 6.03 Å². The third-order valence-corrected chi connectivity index (χ3v) is 4.76. The molecule has 2 amide bonds. The molecule has 1 aromatic carbocycles. The summed E-state index contributed by atoms with van der Waals surface area (Å²) in [6, 6.07) is 5.99. The predicted octanol–water partition coefficient (Wildman–Crippen LogP) is 3.13. The Morgan fingerprint density at radius 1 is 1.52 bits per heavy atom. The molecule has 2 rings (SSSR count). The van der Waals surface area contributed by atoms with Crippen LogP contribution >= 0.6 is 11.8 Å². The van der Waals surface area contributed by atoms with E-state index in [2.05, 4.69) is 5.32 Å². The largest absolute Gasteiger partial charge is 0.496 e. The van der Waals surface area contributed by atoms with Gasteiger partial charge in [0.25, 0.3) is 0 Å². The van der Waals surface area contributed by atoms with Crippen LogP contribution in [0.4, 0.5) is 4.79 Å². The van der Waals surface area contributed by atoms with Gasteiger partial charge in [0.2, 0.25) is 0 Å². The minimum atomic E-state index is -0.0593. The molecule has 1 aliphatic rings. The third-order valence-electron chi connectivity index (χ3n) is 3.98. The van der Waals surface area contributed by atoms with Gasteiger partial charge in [0.15, 0.2) is 0 Å². The van der Waals surface area contributed by atoms with Gasteiger partial charge in [-0.1, -0.05) is 6.07 Å². The molecule has 1 unspecified atom stereocenters. The average Bonchev–Trinajstić information content (AvgIpc) is 3.07. The third kappa shape index (κ3) is 5.32. The number of hydrogen-bond acceptors (Lipinski definition) is 4. The van der Waals surface area contributed by atoms with Crippen molar-refractivity contribution in [3.05, 3.63) is 23.8 Å². The number of thioether (sulfide) groups is 1. The van der Waals surface area contributed by atoms with E-state index in [1.54, 1.807) is 30.8 Å². The number of nitrogens with zero attached hydrogens (tertiary/aromatic N) is 1. The Morgan fingerprint density at radius 2 is 2.35 bits per heavy atom. The summed E-state index contributed by atoms with van der Waals surface area (Å²) >= 11 is 1.65. The number of urea groups is 1. The molecule has 128 valence electrons. The molecule has 1 aromatic rings. The molecule has 1 saturated heterocycles. The van der Waals surface area contributed by atoms with Gasteiger partial charge in [-0.05, 0) is 43.2 Å². The number of rotatable bonds is 7.